The molecule has 0 atom stereocenters. The van der Waals surface area contributed by atoms with E-state index in [2.05, 4.69) is 28.5 Å². The predicted octanol–water partition coefficient (Wildman–Crippen LogP) is 4.83. The van der Waals surface area contributed by atoms with Crippen LogP contribution >= 0.6 is 0 Å². The quantitative estimate of drug-likeness (QED) is 0.800. The second kappa shape index (κ2) is 8.05. The fourth-order valence-corrected chi connectivity index (χ4v) is 3.31. The molecule has 2 aromatic carbocycles. The van der Waals surface area contributed by atoms with Crippen LogP contribution < -0.4 is 15.5 Å². The van der Waals surface area contributed by atoms with E-state index in [4.69, 9.17) is 0 Å². The van der Waals surface area contributed by atoms with Gasteiger partial charge in [0.25, 0.3) is 5.91 Å². The van der Waals surface area contributed by atoms with E-state index in [0.717, 1.165) is 24.3 Å². The van der Waals surface area contributed by atoms with Crippen LogP contribution in [-0.2, 0) is 4.79 Å². The van der Waals surface area contributed by atoms with E-state index in [1.165, 1.54) is 18.5 Å². The van der Waals surface area contributed by atoms with E-state index >= 15 is 0 Å². The van der Waals surface area contributed by atoms with Gasteiger partial charge in [0.1, 0.15) is 0 Å². The van der Waals surface area contributed by atoms with Crippen molar-refractivity contribution in [3.8, 4) is 0 Å². The summed E-state index contributed by atoms with van der Waals surface area (Å²) < 4.78 is 0. The molecule has 0 spiro atoms. The number of benzene rings is 2. The summed E-state index contributed by atoms with van der Waals surface area (Å²) in [6.45, 7) is 9.83. The van der Waals surface area contributed by atoms with Crippen molar-refractivity contribution in [3.05, 3.63) is 53.6 Å². The zero-order chi connectivity index (χ0) is 20.3. The molecule has 28 heavy (non-hydrogen) atoms. The third-order valence-electron chi connectivity index (χ3n) is 4.97. The van der Waals surface area contributed by atoms with Crippen LogP contribution in [0.15, 0.2) is 42.5 Å². The van der Waals surface area contributed by atoms with Gasteiger partial charge in [-0.05, 0) is 61.7 Å². The second-order valence-electron chi connectivity index (χ2n) is 8.43. The minimum atomic E-state index is -0.493. The van der Waals surface area contributed by atoms with Gasteiger partial charge in [-0.3, -0.25) is 9.59 Å². The number of amides is 2. The minimum absolute atomic E-state index is 0.0850. The molecule has 5 heteroatoms. The van der Waals surface area contributed by atoms with E-state index in [-0.39, 0.29) is 11.8 Å². The summed E-state index contributed by atoms with van der Waals surface area (Å²) >= 11 is 0. The monoisotopic (exact) mass is 379 g/mol. The van der Waals surface area contributed by atoms with E-state index in [1.807, 2.05) is 32.9 Å². The normalized spacial score (nSPS) is 14.1. The molecule has 5 nitrogen and oxygen atoms in total. The van der Waals surface area contributed by atoms with E-state index in [0.29, 0.717) is 11.3 Å². The van der Waals surface area contributed by atoms with Crippen molar-refractivity contribution in [2.45, 2.75) is 40.5 Å². The first-order valence-corrected chi connectivity index (χ1v) is 9.82. The SMILES string of the molecule is Cc1cc(NC(=O)c2cccc(NC(=O)C(C)(C)C)c2)ccc1N1CCCC1. The van der Waals surface area contributed by atoms with Crippen molar-refractivity contribution in [2.24, 2.45) is 5.41 Å². The van der Waals surface area contributed by atoms with Crippen LogP contribution in [-0.4, -0.2) is 24.9 Å². The number of nitrogens with zero attached hydrogens (tertiary/aromatic N) is 1. The summed E-state index contributed by atoms with van der Waals surface area (Å²) in [5.74, 6) is -0.279. The highest BCUT2D eigenvalue weighted by atomic mass is 16.2. The Bertz CT molecular complexity index is 878. The van der Waals surface area contributed by atoms with Crippen LogP contribution in [0.1, 0.15) is 49.5 Å². The average molecular weight is 380 g/mol. The number of hydrogen-bond acceptors (Lipinski definition) is 3. The number of anilines is 3. The van der Waals surface area contributed by atoms with Gasteiger partial charge in [-0.2, -0.15) is 0 Å². The third kappa shape index (κ3) is 4.71. The number of carbonyl (C=O) groups excluding carboxylic acids is 2. The molecular formula is C23H29N3O2. The summed E-state index contributed by atoms with van der Waals surface area (Å²) in [7, 11) is 0. The standard InChI is InChI=1S/C23H29N3O2/c1-16-14-19(10-11-20(16)26-12-5-6-13-26)24-21(27)17-8-7-9-18(15-17)25-22(28)23(2,3)4/h7-11,14-15H,5-6,12-13H2,1-4H3,(H,24,27)(H,25,28). The van der Waals surface area contributed by atoms with Gasteiger partial charge in [0.2, 0.25) is 5.91 Å². The minimum Gasteiger partial charge on any atom is -0.371 e. The van der Waals surface area contributed by atoms with Crippen LogP contribution in [0.4, 0.5) is 17.1 Å². The van der Waals surface area contributed by atoms with Crippen LogP contribution in [0.2, 0.25) is 0 Å². The fraction of sp³-hybridized carbons (Fsp3) is 0.391. The van der Waals surface area contributed by atoms with E-state index < -0.39 is 5.41 Å². The average Bonchev–Trinajstić information content (AvgIpc) is 3.15. The molecule has 1 heterocycles. The molecule has 1 aliphatic rings. The van der Waals surface area contributed by atoms with Crippen molar-refractivity contribution in [3.63, 3.8) is 0 Å². The van der Waals surface area contributed by atoms with Crippen molar-refractivity contribution in [1.29, 1.82) is 0 Å². The number of aryl methyl sites for hydroxylation is 1. The van der Waals surface area contributed by atoms with Gasteiger partial charge in [0.05, 0.1) is 0 Å². The molecule has 0 bridgehead atoms. The summed E-state index contributed by atoms with van der Waals surface area (Å²) in [6.07, 6.45) is 2.47. The zero-order valence-electron chi connectivity index (χ0n) is 17.1. The first-order chi connectivity index (χ1) is 13.2. The van der Waals surface area contributed by atoms with Crippen LogP contribution in [0.25, 0.3) is 0 Å². The Morgan fingerprint density at radius 1 is 0.929 bits per heavy atom. The van der Waals surface area contributed by atoms with Crippen molar-refractivity contribution < 1.29 is 9.59 Å². The Morgan fingerprint density at radius 2 is 1.61 bits per heavy atom. The number of hydrogen-bond donors (Lipinski definition) is 2. The number of rotatable bonds is 4. The molecule has 0 radical (unpaired) electrons. The lowest BCUT2D eigenvalue weighted by Crippen LogP contribution is -2.27. The lowest BCUT2D eigenvalue weighted by molar-refractivity contribution is -0.123. The Balaban J connectivity index is 1.70. The first kappa shape index (κ1) is 19.9. The van der Waals surface area contributed by atoms with Gasteiger partial charge in [-0.25, -0.2) is 0 Å². The lowest BCUT2D eigenvalue weighted by Gasteiger charge is -2.21. The first-order valence-electron chi connectivity index (χ1n) is 9.82. The molecule has 0 saturated carbocycles. The lowest BCUT2D eigenvalue weighted by atomic mass is 9.95. The Labute approximate surface area is 167 Å². The van der Waals surface area contributed by atoms with E-state index in [1.54, 1.807) is 24.3 Å². The highest BCUT2D eigenvalue weighted by molar-refractivity contribution is 6.05. The molecular weight excluding hydrogens is 350 g/mol. The third-order valence-corrected chi connectivity index (χ3v) is 4.97. The highest BCUT2D eigenvalue weighted by Crippen LogP contribution is 2.27. The Morgan fingerprint density at radius 3 is 2.25 bits per heavy atom. The predicted molar refractivity (Wildman–Crippen MR) is 115 cm³/mol. The maximum absolute atomic E-state index is 12.7. The van der Waals surface area contributed by atoms with Crippen molar-refractivity contribution in [1.82, 2.24) is 0 Å². The Kier molecular flexibility index (Phi) is 5.73. The summed E-state index contributed by atoms with van der Waals surface area (Å²) in [6, 6.07) is 13.0. The molecule has 2 N–H and O–H groups in total. The summed E-state index contributed by atoms with van der Waals surface area (Å²) in [5.41, 5.74) is 3.80. The zero-order valence-corrected chi connectivity index (χ0v) is 17.1. The Hall–Kier alpha value is -2.82. The largest absolute Gasteiger partial charge is 0.371 e. The van der Waals surface area contributed by atoms with Gasteiger partial charge >= 0.3 is 0 Å². The maximum atomic E-state index is 12.7. The van der Waals surface area contributed by atoms with Crippen LogP contribution in [0.5, 0.6) is 0 Å². The highest BCUT2D eigenvalue weighted by Gasteiger charge is 2.21. The second-order valence-corrected chi connectivity index (χ2v) is 8.43. The molecule has 1 fully saturated rings. The van der Waals surface area contributed by atoms with Gasteiger partial charge in [0.15, 0.2) is 0 Å². The summed E-state index contributed by atoms with van der Waals surface area (Å²) in [4.78, 5) is 27.2. The van der Waals surface area contributed by atoms with Crippen molar-refractivity contribution in [2.75, 3.05) is 28.6 Å². The molecule has 2 aromatic rings. The number of carbonyl (C=O) groups is 2. The van der Waals surface area contributed by atoms with Crippen LogP contribution in [0.3, 0.4) is 0 Å². The molecule has 3 rings (SSSR count). The van der Waals surface area contributed by atoms with Gasteiger partial charge in [-0.15, -0.1) is 0 Å². The molecule has 1 aliphatic heterocycles. The van der Waals surface area contributed by atoms with Gasteiger partial charge in [-0.1, -0.05) is 26.8 Å². The van der Waals surface area contributed by atoms with Gasteiger partial charge in [0, 0.05) is 41.1 Å². The molecule has 0 aliphatic carbocycles. The molecule has 0 aromatic heterocycles. The summed E-state index contributed by atoms with van der Waals surface area (Å²) in [5, 5.41) is 5.82. The van der Waals surface area contributed by atoms with E-state index in [9.17, 15) is 9.59 Å². The molecule has 148 valence electrons. The van der Waals surface area contributed by atoms with Gasteiger partial charge < -0.3 is 15.5 Å². The van der Waals surface area contributed by atoms with Crippen LogP contribution in [0, 0.1) is 12.3 Å². The molecule has 0 unspecified atom stereocenters. The van der Waals surface area contributed by atoms with Crippen molar-refractivity contribution >= 4 is 28.9 Å². The topological polar surface area (TPSA) is 61.4 Å². The molecule has 2 amide bonds. The number of nitrogens with one attached hydrogen (secondary N) is 2. The smallest absolute Gasteiger partial charge is 0.255 e. The molecule has 1 saturated heterocycles. The fourth-order valence-electron chi connectivity index (χ4n) is 3.31. The maximum Gasteiger partial charge on any atom is 0.255 e.